The third kappa shape index (κ3) is 2.25. The Morgan fingerprint density at radius 1 is 1.50 bits per heavy atom. The summed E-state index contributed by atoms with van der Waals surface area (Å²) < 4.78 is 11.8. The molecular weight excluding hydrogens is 77.9 g/mol. The summed E-state index contributed by atoms with van der Waals surface area (Å²) >= 11 is 0. The van der Waals surface area contributed by atoms with Crippen molar-refractivity contribution >= 4 is 6.99 Å². The second kappa shape index (κ2) is 2.22. The highest BCUT2D eigenvalue weighted by atomic mass is 19.1. The molecule has 0 aliphatic carbocycles. The largest absolute Gasteiger partial charge is 0.347 e. The fraction of sp³-hybridized carbons (Fsp3) is 1.00. The van der Waals surface area contributed by atoms with Crippen LogP contribution in [0, 0.1) is 0 Å². The van der Waals surface area contributed by atoms with Crippen molar-refractivity contribution in [1.29, 1.82) is 0 Å². The zero-order valence-electron chi connectivity index (χ0n) is 4.53. The van der Waals surface area contributed by atoms with Crippen molar-refractivity contribution in [2.24, 2.45) is 0 Å². The van der Waals surface area contributed by atoms with Gasteiger partial charge in [0.15, 0.2) is 0 Å². The lowest BCUT2D eigenvalue weighted by molar-refractivity contribution is 0.786. The second-order valence-corrected chi connectivity index (χ2v) is 1.92. The molecule has 0 amide bonds. The highest BCUT2D eigenvalue weighted by Crippen LogP contribution is 2.05. The van der Waals surface area contributed by atoms with Crippen LogP contribution in [0.25, 0.3) is 0 Å². The van der Waals surface area contributed by atoms with E-state index in [1.54, 1.807) is 6.82 Å². The third-order valence-electron chi connectivity index (χ3n) is 0.919. The van der Waals surface area contributed by atoms with Gasteiger partial charge >= 0.3 is 6.99 Å². The number of halogens is 1. The SMILES string of the molecule is CB(F)C(C)C. The van der Waals surface area contributed by atoms with E-state index in [0.717, 1.165) is 0 Å². The molecular formula is C4H10BF. The lowest BCUT2D eigenvalue weighted by atomic mass is 9.63. The maximum atomic E-state index is 11.8. The van der Waals surface area contributed by atoms with Crippen LogP contribution in [0.5, 0.6) is 0 Å². The van der Waals surface area contributed by atoms with Crippen LogP contribution in [0.4, 0.5) is 4.32 Å². The Hall–Kier alpha value is -0.00506. The second-order valence-electron chi connectivity index (χ2n) is 1.92. The minimum absolute atomic E-state index is 0.185. The summed E-state index contributed by atoms with van der Waals surface area (Å²) in [5, 5.41) is 0. The molecule has 0 unspecified atom stereocenters. The van der Waals surface area contributed by atoms with Gasteiger partial charge in [-0.1, -0.05) is 20.7 Å². The van der Waals surface area contributed by atoms with E-state index in [9.17, 15) is 4.32 Å². The van der Waals surface area contributed by atoms with Crippen LogP contribution >= 0.6 is 0 Å². The maximum Gasteiger partial charge on any atom is 0.347 e. The minimum atomic E-state index is -0.648. The zero-order valence-corrected chi connectivity index (χ0v) is 4.53. The lowest BCUT2D eigenvalue weighted by Gasteiger charge is -1.96. The van der Waals surface area contributed by atoms with E-state index in [2.05, 4.69) is 0 Å². The average molecular weight is 87.9 g/mol. The summed E-state index contributed by atoms with van der Waals surface area (Å²) in [4.78, 5) is 0. The minimum Gasteiger partial charge on any atom is -0.336 e. The van der Waals surface area contributed by atoms with Crippen molar-refractivity contribution in [2.75, 3.05) is 0 Å². The van der Waals surface area contributed by atoms with Crippen molar-refractivity contribution < 1.29 is 4.32 Å². The average Bonchev–Trinajstić information content (AvgIpc) is 1.36. The van der Waals surface area contributed by atoms with Gasteiger partial charge in [-0.3, -0.25) is 0 Å². The van der Waals surface area contributed by atoms with E-state index in [-0.39, 0.29) is 5.82 Å². The first-order chi connectivity index (χ1) is 2.64. The van der Waals surface area contributed by atoms with Crippen LogP contribution in [-0.4, -0.2) is 6.99 Å². The number of rotatable bonds is 1. The standard InChI is InChI=1S/C4H10BF/c1-4(2)5(3)6/h4H,1-3H3. The van der Waals surface area contributed by atoms with Gasteiger partial charge in [-0.05, 0) is 5.82 Å². The molecule has 6 heavy (non-hydrogen) atoms. The first-order valence-corrected chi connectivity index (χ1v) is 2.28. The van der Waals surface area contributed by atoms with Crippen molar-refractivity contribution in [2.45, 2.75) is 26.5 Å². The Morgan fingerprint density at radius 2 is 1.67 bits per heavy atom. The molecule has 0 aromatic rings. The molecule has 0 radical (unpaired) electrons. The molecule has 36 valence electrons. The summed E-state index contributed by atoms with van der Waals surface area (Å²) in [5.74, 6) is 0.185. The summed E-state index contributed by atoms with van der Waals surface area (Å²) in [6, 6.07) is 0. The van der Waals surface area contributed by atoms with Gasteiger partial charge in [0.25, 0.3) is 0 Å². The molecule has 0 rings (SSSR count). The van der Waals surface area contributed by atoms with E-state index < -0.39 is 6.99 Å². The van der Waals surface area contributed by atoms with Crippen LogP contribution in [0.2, 0.25) is 12.6 Å². The van der Waals surface area contributed by atoms with Gasteiger partial charge in [0.1, 0.15) is 0 Å². The maximum absolute atomic E-state index is 11.8. The zero-order chi connectivity index (χ0) is 5.15. The Morgan fingerprint density at radius 3 is 1.67 bits per heavy atom. The predicted molar refractivity (Wildman–Crippen MR) is 27.8 cm³/mol. The summed E-state index contributed by atoms with van der Waals surface area (Å²) in [5.41, 5.74) is 0. The van der Waals surface area contributed by atoms with E-state index in [4.69, 9.17) is 0 Å². The van der Waals surface area contributed by atoms with Gasteiger partial charge in [0.05, 0.1) is 0 Å². The molecule has 0 saturated heterocycles. The van der Waals surface area contributed by atoms with Crippen molar-refractivity contribution in [3.63, 3.8) is 0 Å². The number of hydrogen-bond acceptors (Lipinski definition) is 0. The van der Waals surface area contributed by atoms with E-state index >= 15 is 0 Å². The molecule has 0 heterocycles. The molecule has 2 heteroatoms. The van der Waals surface area contributed by atoms with Crippen molar-refractivity contribution in [3.05, 3.63) is 0 Å². The first-order valence-electron chi connectivity index (χ1n) is 2.28. The first kappa shape index (κ1) is 5.99. The molecule has 0 aliphatic rings. The fourth-order valence-electron chi connectivity index (χ4n) is 0. The molecule has 0 atom stereocenters. The Bertz CT molecular complexity index is 28.5. The Labute approximate surface area is 38.9 Å². The van der Waals surface area contributed by atoms with Crippen LogP contribution < -0.4 is 0 Å². The normalized spacial score (nSPS) is 9.50. The molecule has 0 spiro atoms. The Kier molecular flexibility index (Phi) is 2.22. The topological polar surface area (TPSA) is 0 Å². The quantitative estimate of drug-likeness (QED) is 0.430. The van der Waals surface area contributed by atoms with Crippen LogP contribution in [0.3, 0.4) is 0 Å². The van der Waals surface area contributed by atoms with E-state index in [1.807, 2.05) is 13.8 Å². The van der Waals surface area contributed by atoms with Gasteiger partial charge in [-0.25, -0.2) is 0 Å². The number of hydrogen-bond donors (Lipinski definition) is 0. The van der Waals surface area contributed by atoms with Gasteiger partial charge in [0.2, 0.25) is 0 Å². The molecule has 0 aliphatic heterocycles. The van der Waals surface area contributed by atoms with E-state index in [1.165, 1.54) is 0 Å². The summed E-state index contributed by atoms with van der Waals surface area (Å²) in [6.45, 7) is 4.66. The van der Waals surface area contributed by atoms with Gasteiger partial charge in [-0.2, -0.15) is 0 Å². The smallest absolute Gasteiger partial charge is 0.336 e. The van der Waals surface area contributed by atoms with E-state index in [0.29, 0.717) is 0 Å². The third-order valence-corrected chi connectivity index (χ3v) is 0.919. The van der Waals surface area contributed by atoms with Crippen molar-refractivity contribution in [3.8, 4) is 0 Å². The van der Waals surface area contributed by atoms with Crippen LogP contribution in [-0.2, 0) is 0 Å². The molecule has 0 N–H and O–H groups in total. The predicted octanol–water partition coefficient (Wildman–Crippen LogP) is 1.99. The summed E-state index contributed by atoms with van der Waals surface area (Å²) in [6.07, 6.45) is 0. The van der Waals surface area contributed by atoms with Gasteiger partial charge < -0.3 is 4.32 Å². The molecule has 0 bridgehead atoms. The van der Waals surface area contributed by atoms with Gasteiger partial charge in [-0.15, -0.1) is 0 Å². The van der Waals surface area contributed by atoms with Crippen LogP contribution in [0.1, 0.15) is 13.8 Å². The molecule has 0 nitrogen and oxygen atoms in total. The fourth-order valence-corrected chi connectivity index (χ4v) is 0. The Balaban J connectivity index is 2.99. The van der Waals surface area contributed by atoms with Gasteiger partial charge in [0, 0.05) is 0 Å². The molecule has 0 aromatic carbocycles. The van der Waals surface area contributed by atoms with Crippen molar-refractivity contribution in [1.82, 2.24) is 0 Å². The highest BCUT2D eigenvalue weighted by molar-refractivity contribution is 6.50. The highest BCUT2D eigenvalue weighted by Gasteiger charge is 2.08. The monoisotopic (exact) mass is 88.1 g/mol. The molecule has 0 fully saturated rings. The molecule has 0 aromatic heterocycles. The molecule has 0 saturated carbocycles. The van der Waals surface area contributed by atoms with Crippen LogP contribution in [0.15, 0.2) is 0 Å². The lowest BCUT2D eigenvalue weighted by Crippen LogP contribution is -2.01. The summed E-state index contributed by atoms with van der Waals surface area (Å²) in [7, 11) is 0.